The van der Waals surface area contributed by atoms with Gasteiger partial charge >= 0.3 is 0 Å². The van der Waals surface area contributed by atoms with Crippen LogP contribution in [0.4, 0.5) is 5.69 Å². The molecule has 0 aliphatic carbocycles. The number of hydrogen-bond acceptors (Lipinski definition) is 4. The van der Waals surface area contributed by atoms with E-state index in [1.807, 2.05) is 31.2 Å². The van der Waals surface area contributed by atoms with Crippen molar-refractivity contribution in [2.45, 2.75) is 25.8 Å². The Labute approximate surface area is 226 Å². The fourth-order valence-corrected chi connectivity index (χ4v) is 5.72. The molecule has 198 valence electrons. The van der Waals surface area contributed by atoms with Gasteiger partial charge in [-0.15, -0.1) is 0 Å². The molecule has 6 nitrogen and oxygen atoms in total. The molecule has 0 aromatic heterocycles. The number of amides is 2. The van der Waals surface area contributed by atoms with Crippen LogP contribution < -0.4 is 5.32 Å². The summed E-state index contributed by atoms with van der Waals surface area (Å²) in [7, 11) is 0. The molecule has 2 saturated heterocycles. The Morgan fingerprint density at radius 1 is 0.763 bits per heavy atom. The molecule has 1 N–H and O–H groups in total. The van der Waals surface area contributed by atoms with E-state index < -0.39 is 0 Å². The second kappa shape index (κ2) is 12.4. The van der Waals surface area contributed by atoms with Crippen LogP contribution in [0.15, 0.2) is 84.9 Å². The molecule has 0 saturated carbocycles. The molecule has 2 fully saturated rings. The van der Waals surface area contributed by atoms with E-state index in [-0.39, 0.29) is 23.8 Å². The van der Waals surface area contributed by atoms with Crippen molar-refractivity contribution in [3.8, 4) is 0 Å². The highest BCUT2D eigenvalue weighted by Crippen LogP contribution is 2.30. The molecular formula is C32H38N4O2. The van der Waals surface area contributed by atoms with Crippen LogP contribution in [0, 0.1) is 12.8 Å². The van der Waals surface area contributed by atoms with E-state index in [9.17, 15) is 9.59 Å². The van der Waals surface area contributed by atoms with Crippen molar-refractivity contribution >= 4 is 17.5 Å². The lowest BCUT2D eigenvalue weighted by Crippen LogP contribution is -2.52. The highest BCUT2D eigenvalue weighted by molar-refractivity contribution is 5.92. The predicted molar refractivity (Wildman–Crippen MR) is 152 cm³/mol. The van der Waals surface area contributed by atoms with Crippen LogP contribution >= 0.6 is 0 Å². The first-order chi connectivity index (χ1) is 18.6. The summed E-state index contributed by atoms with van der Waals surface area (Å²) in [5.74, 6) is 0.336. The van der Waals surface area contributed by atoms with Crippen molar-refractivity contribution in [1.82, 2.24) is 14.7 Å². The number of piperazine rings is 1. The molecule has 2 heterocycles. The SMILES string of the molecule is Cc1ccc(NC(=O)CN2CCC(C(=O)N3CCN(C(c4ccccc4)c4ccccc4)CC3)CC2)cc1. The van der Waals surface area contributed by atoms with Gasteiger partial charge in [0.25, 0.3) is 0 Å². The number of piperidine rings is 1. The first-order valence-corrected chi connectivity index (χ1v) is 13.8. The molecule has 0 atom stereocenters. The number of rotatable bonds is 7. The lowest BCUT2D eigenvalue weighted by atomic mass is 9.94. The van der Waals surface area contributed by atoms with Crippen LogP contribution in [0.1, 0.15) is 35.6 Å². The number of carbonyl (C=O) groups excluding carboxylic acids is 2. The third-order valence-corrected chi connectivity index (χ3v) is 7.86. The Balaban J connectivity index is 1.11. The minimum absolute atomic E-state index is 0.00105. The molecule has 0 unspecified atom stereocenters. The Hall–Kier alpha value is -3.48. The Morgan fingerprint density at radius 3 is 1.87 bits per heavy atom. The van der Waals surface area contributed by atoms with Gasteiger partial charge in [-0.1, -0.05) is 78.4 Å². The van der Waals surface area contributed by atoms with Gasteiger partial charge in [0.2, 0.25) is 11.8 Å². The van der Waals surface area contributed by atoms with Gasteiger partial charge in [0.1, 0.15) is 0 Å². The molecule has 6 heteroatoms. The van der Waals surface area contributed by atoms with E-state index in [2.05, 4.69) is 80.7 Å². The van der Waals surface area contributed by atoms with Gasteiger partial charge < -0.3 is 10.2 Å². The summed E-state index contributed by atoms with van der Waals surface area (Å²) >= 11 is 0. The van der Waals surface area contributed by atoms with Crippen molar-refractivity contribution in [3.05, 3.63) is 102 Å². The molecule has 3 aromatic rings. The predicted octanol–water partition coefficient (Wildman–Crippen LogP) is 4.58. The molecule has 0 bridgehead atoms. The summed E-state index contributed by atoms with van der Waals surface area (Å²) in [6, 6.07) is 29.4. The normalized spacial score (nSPS) is 17.5. The zero-order valence-corrected chi connectivity index (χ0v) is 22.3. The van der Waals surface area contributed by atoms with E-state index in [1.165, 1.54) is 16.7 Å². The summed E-state index contributed by atoms with van der Waals surface area (Å²) in [5.41, 5.74) is 4.57. The largest absolute Gasteiger partial charge is 0.340 e. The average Bonchev–Trinajstić information content (AvgIpc) is 2.96. The number of nitrogens with one attached hydrogen (secondary N) is 1. The van der Waals surface area contributed by atoms with Crippen molar-refractivity contribution < 1.29 is 9.59 Å². The molecule has 0 radical (unpaired) electrons. The zero-order chi connectivity index (χ0) is 26.3. The van der Waals surface area contributed by atoms with Gasteiger partial charge in [-0.2, -0.15) is 0 Å². The first kappa shape index (κ1) is 26.1. The fourth-order valence-electron chi connectivity index (χ4n) is 5.72. The average molecular weight is 511 g/mol. The van der Waals surface area contributed by atoms with E-state index >= 15 is 0 Å². The third kappa shape index (κ3) is 6.50. The zero-order valence-electron chi connectivity index (χ0n) is 22.3. The van der Waals surface area contributed by atoms with Crippen molar-refractivity contribution in [1.29, 1.82) is 0 Å². The molecule has 5 rings (SSSR count). The molecule has 2 aliphatic heterocycles. The van der Waals surface area contributed by atoms with E-state index in [4.69, 9.17) is 0 Å². The molecule has 2 aliphatic rings. The fraction of sp³-hybridized carbons (Fsp3) is 0.375. The van der Waals surface area contributed by atoms with Gasteiger partial charge in [0, 0.05) is 37.8 Å². The van der Waals surface area contributed by atoms with Gasteiger partial charge in [-0.25, -0.2) is 0 Å². The summed E-state index contributed by atoms with van der Waals surface area (Å²) in [6.07, 6.45) is 1.63. The van der Waals surface area contributed by atoms with Crippen LogP contribution in [0.2, 0.25) is 0 Å². The molecular weight excluding hydrogens is 472 g/mol. The quantitative estimate of drug-likeness (QED) is 0.506. The van der Waals surface area contributed by atoms with Gasteiger partial charge in [-0.05, 0) is 56.1 Å². The number of nitrogens with zero attached hydrogens (tertiary/aromatic N) is 3. The summed E-state index contributed by atoms with van der Waals surface area (Å²) in [5, 5.41) is 2.98. The molecule has 3 aromatic carbocycles. The van der Waals surface area contributed by atoms with Crippen molar-refractivity contribution in [2.24, 2.45) is 5.92 Å². The van der Waals surface area contributed by atoms with Crippen LogP contribution in [0.25, 0.3) is 0 Å². The third-order valence-electron chi connectivity index (χ3n) is 7.86. The number of benzene rings is 3. The molecule has 0 spiro atoms. The number of likely N-dealkylation sites (tertiary alicyclic amines) is 1. The number of carbonyl (C=O) groups is 2. The first-order valence-electron chi connectivity index (χ1n) is 13.8. The standard InChI is InChI=1S/C32H38N4O2/c1-25-12-14-29(15-13-25)33-30(37)24-34-18-16-28(17-19-34)32(38)36-22-20-35(21-23-36)31(26-8-4-2-5-9-26)27-10-6-3-7-11-27/h2-15,28,31H,16-24H2,1H3,(H,33,37). The number of aryl methyl sites for hydroxylation is 1. The Kier molecular flexibility index (Phi) is 8.51. The van der Waals surface area contributed by atoms with Gasteiger partial charge in [-0.3, -0.25) is 19.4 Å². The van der Waals surface area contributed by atoms with Crippen LogP contribution in [-0.2, 0) is 9.59 Å². The molecule has 2 amide bonds. The van der Waals surface area contributed by atoms with Crippen LogP contribution in [-0.4, -0.2) is 72.3 Å². The molecule has 38 heavy (non-hydrogen) atoms. The van der Waals surface area contributed by atoms with E-state index in [0.29, 0.717) is 6.54 Å². The van der Waals surface area contributed by atoms with Gasteiger partial charge in [0.15, 0.2) is 0 Å². The van der Waals surface area contributed by atoms with E-state index in [1.54, 1.807) is 0 Å². The maximum Gasteiger partial charge on any atom is 0.238 e. The van der Waals surface area contributed by atoms with Crippen LogP contribution in [0.5, 0.6) is 0 Å². The highest BCUT2D eigenvalue weighted by Gasteiger charge is 2.33. The number of anilines is 1. The summed E-state index contributed by atoms with van der Waals surface area (Å²) in [4.78, 5) is 32.6. The topological polar surface area (TPSA) is 55.9 Å². The van der Waals surface area contributed by atoms with Crippen LogP contribution in [0.3, 0.4) is 0 Å². The Morgan fingerprint density at radius 2 is 1.32 bits per heavy atom. The van der Waals surface area contributed by atoms with Crippen molar-refractivity contribution in [2.75, 3.05) is 51.1 Å². The minimum atomic E-state index is 0.00105. The lowest BCUT2D eigenvalue weighted by Gasteiger charge is -2.41. The maximum absolute atomic E-state index is 13.4. The highest BCUT2D eigenvalue weighted by atomic mass is 16.2. The van der Waals surface area contributed by atoms with Crippen molar-refractivity contribution in [3.63, 3.8) is 0 Å². The maximum atomic E-state index is 13.4. The summed E-state index contributed by atoms with van der Waals surface area (Å²) in [6.45, 7) is 7.19. The monoisotopic (exact) mass is 510 g/mol. The minimum Gasteiger partial charge on any atom is -0.340 e. The van der Waals surface area contributed by atoms with Gasteiger partial charge in [0.05, 0.1) is 12.6 Å². The van der Waals surface area contributed by atoms with E-state index in [0.717, 1.165) is 57.8 Å². The smallest absolute Gasteiger partial charge is 0.238 e. The number of hydrogen-bond donors (Lipinski definition) is 1. The Bertz CT molecular complexity index is 1140. The lowest BCUT2D eigenvalue weighted by molar-refractivity contribution is -0.139. The second-order valence-corrected chi connectivity index (χ2v) is 10.5. The summed E-state index contributed by atoms with van der Waals surface area (Å²) < 4.78 is 0. The second-order valence-electron chi connectivity index (χ2n) is 10.5.